The number of aromatic nitrogens is 1. The summed E-state index contributed by atoms with van der Waals surface area (Å²) in [5.74, 6) is 1.35. The van der Waals surface area contributed by atoms with Crippen molar-refractivity contribution in [3.63, 3.8) is 0 Å². The fourth-order valence-corrected chi connectivity index (χ4v) is 3.27. The molecule has 0 spiro atoms. The lowest BCUT2D eigenvalue weighted by molar-refractivity contribution is -0.138. The largest absolute Gasteiger partial charge is 0.440 e. The molecule has 122 valence electrons. The molecule has 0 bridgehead atoms. The van der Waals surface area contributed by atoms with Gasteiger partial charge in [-0.3, -0.25) is 9.59 Å². The molecule has 6 nitrogen and oxygen atoms in total. The number of carbonyl (C=O) groups is 2. The zero-order valence-corrected chi connectivity index (χ0v) is 14.1. The molecule has 0 aromatic carbocycles. The van der Waals surface area contributed by atoms with E-state index in [2.05, 4.69) is 4.98 Å². The van der Waals surface area contributed by atoms with Crippen molar-refractivity contribution in [3.8, 4) is 10.8 Å². The van der Waals surface area contributed by atoms with Crippen LogP contribution in [-0.2, 0) is 16.0 Å². The fraction of sp³-hybridized carbons (Fsp3) is 0.438. The Hall–Kier alpha value is -2.15. The van der Waals surface area contributed by atoms with Crippen molar-refractivity contribution in [2.75, 3.05) is 26.2 Å². The fourth-order valence-electron chi connectivity index (χ4n) is 2.62. The molecule has 0 radical (unpaired) electrons. The van der Waals surface area contributed by atoms with E-state index in [1.807, 2.05) is 24.4 Å². The highest BCUT2D eigenvalue weighted by Crippen LogP contribution is 2.26. The first-order valence-electron chi connectivity index (χ1n) is 7.58. The number of hydrogen-bond acceptors (Lipinski definition) is 5. The summed E-state index contributed by atoms with van der Waals surface area (Å²) in [7, 11) is 0. The van der Waals surface area contributed by atoms with Crippen molar-refractivity contribution >= 4 is 23.2 Å². The van der Waals surface area contributed by atoms with Crippen LogP contribution in [0.1, 0.15) is 18.4 Å². The van der Waals surface area contributed by atoms with Crippen LogP contribution in [0.5, 0.6) is 0 Å². The van der Waals surface area contributed by atoms with Gasteiger partial charge in [-0.1, -0.05) is 6.07 Å². The third-order valence-corrected chi connectivity index (χ3v) is 4.88. The predicted octanol–water partition coefficient (Wildman–Crippen LogP) is 1.94. The van der Waals surface area contributed by atoms with E-state index in [-0.39, 0.29) is 18.2 Å². The smallest absolute Gasteiger partial charge is 0.236 e. The van der Waals surface area contributed by atoms with Crippen molar-refractivity contribution < 1.29 is 14.0 Å². The van der Waals surface area contributed by atoms with E-state index in [4.69, 9.17) is 4.42 Å². The Kier molecular flexibility index (Phi) is 4.47. The molecule has 0 N–H and O–H groups in total. The maximum Gasteiger partial charge on any atom is 0.236 e. The number of amides is 2. The van der Waals surface area contributed by atoms with Crippen molar-refractivity contribution in [3.05, 3.63) is 29.0 Å². The molecular weight excluding hydrogens is 314 g/mol. The highest BCUT2D eigenvalue weighted by atomic mass is 32.1. The number of hydrogen-bond donors (Lipinski definition) is 0. The Morgan fingerprint density at radius 3 is 2.57 bits per heavy atom. The molecule has 7 heteroatoms. The van der Waals surface area contributed by atoms with Crippen molar-refractivity contribution in [2.24, 2.45) is 0 Å². The Morgan fingerprint density at radius 1 is 1.26 bits per heavy atom. The average Bonchev–Trinajstić information content (AvgIpc) is 3.18. The lowest BCUT2D eigenvalue weighted by Gasteiger charge is -2.34. The number of oxazole rings is 1. The average molecular weight is 333 g/mol. The molecule has 2 amide bonds. The van der Waals surface area contributed by atoms with Crippen LogP contribution in [0, 0.1) is 6.92 Å². The highest BCUT2D eigenvalue weighted by molar-refractivity contribution is 7.13. The van der Waals surface area contributed by atoms with Crippen molar-refractivity contribution in [1.29, 1.82) is 0 Å². The van der Waals surface area contributed by atoms with Crippen LogP contribution >= 0.6 is 11.3 Å². The van der Waals surface area contributed by atoms with Gasteiger partial charge in [-0.05, 0) is 18.4 Å². The second-order valence-electron chi connectivity index (χ2n) is 5.56. The van der Waals surface area contributed by atoms with Crippen LogP contribution in [0.3, 0.4) is 0 Å². The number of carbonyl (C=O) groups excluding carboxylic acids is 2. The normalized spacial score (nSPS) is 15.0. The molecule has 1 saturated heterocycles. The second kappa shape index (κ2) is 6.54. The molecule has 0 atom stereocenters. The van der Waals surface area contributed by atoms with Gasteiger partial charge < -0.3 is 14.2 Å². The maximum absolute atomic E-state index is 12.4. The summed E-state index contributed by atoms with van der Waals surface area (Å²) in [6.45, 7) is 5.74. The van der Waals surface area contributed by atoms with Crippen molar-refractivity contribution in [2.45, 2.75) is 20.3 Å². The van der Waals surface area contributed by atoms with Gasteiger partial charge >= 0.3 is 0 Å². The lowest BCUT2D eigenvalue weighted by atomic mass is 10.2. The van der Waals surface area contributed by atoms with Gasteiger partial charge in [0.2, 0.25) is 17.7 Å². The minimum atomic E-state index is 0.0299. The molecule has 0 saturated carbocycles. The first-order chi connectivity index (χ1) is 11.0. The highest BCUT2D eigenvalue weighted by Gasteiger charge is 2.24. The van der Waals surface area contributed by atoms with Crippen molar-refractivity contribution in [1.82, 2.24) is 14.8 Å². The topological polar surface area (TPSA) is 66.7 Å². The third kappa shape index (κ3) is 3.44. The van der Waals surface area contributed by atoms with Crippen LogP contribution in [0.25, 0.3) is 10.8 Å². The monoisotopic (exact) mass is 333 g/mol. The molecule has 1 aliphatic rings. The lowest BCUT2D eigenvalue weighted by Crippen LogP contribution is -2.50. The van der Waals surface area contributed by atoms with Gasteiger partial charge in [0.25, 0.3) is 0 Å². The molecule has 2 aromatic rings. The minimum absolute atomic E-state index is 0.0299. The first-order valence-corrected chi connectivity index (χ1v) is 8.46. The zero-order chi connectivity index (χ0) is 16.4. The molecule has 3 heterocycles. The zero-order valence-electron chi connectivity index (χ0n) is 13.2. The van der Waals surface area contributed by atoms with E-state index >= 15 is 0 Å². The predicted molar refractivity (Wildman–Crippen MR) is 87.1 cm³/mol. The van der Waals surface area contributed by atoms with E-state index in [0.717, 1.165) is 4.88 Å². The maximum atomic E-state index is 12.4. The number of nitrogens with zero attached hydrogens (tertiary/aromatic N) is 3. The summed E-state index contributed by atoms with van der Waals surface area (Å²) in [6, 6.07) is 3.89. The van der Waals surface area contributed by atoms with E-state index < -0.39 is 0 Å². The quantitative estimate of drug-likeness (QED) is 0.861. The van der Waals surface area contributed by atoms with Crippen LogP contribution in [0.2, 0.25) is 0 Å². The van der Waals surface area contributed by atoms with Gasteiger partial charge in [0, 0.05) is 33.1 Å². The standard InChI is InChI=1S/C16H19N3O3S/c1-11-13(17-16(22-11)14-4-3-9-23-14)10-15(21)19-7-5-18(6-8-19)12(2)20/h3-4,9H,5-8,10H2,1-2H3. The summed E-state index contributed by atoms with van der Waals surface area (Å²) in [4.78, 5) is 32.7. The number of rotatable bonds is 3. The van der Waals surface area contributed by atoms with Gasteiger partial charge in [0.15, 0.2) is 0 Å². The SMILES string of the molecule is CC(=O)N1CCN(C(=O)Cc2nc(-c3cccs3)oc2C)CC1. The summed E-state index contributed by atoms with van der Waals surface area (Å²) in [6.07, 6.45) is 0.237. The molecule has 23 heavy (non-hydrogen) atoms. The van der Waals surface area contributed by atoms with Crippen LogP contribution < -0.4 is 0 Å². The van der Waals surface area contributed by atoms with E-state index in [1.54, 1.807) is 28.1 Å². The van der Waals surface area contributed by atoms with E-state index in [9.17, 15) is 9.59 Å². The van der Waals surface area contributed by atoms with E-state index in [0.29, 0.717) is 43.5 Å². The Morgan fingerprint density at radius 2 is 1.96 bits per heavy atom. The number of thiophene rings is 1. The van der Waals surface area contributed by atoms with Crippen LogP contribution in [0.15, 0.2) is 21.9 Å². The summed E-state index contributed by atoms with van der Waals surface area (Å²) >= 11 is 1.56. The van der Waals surface area contributed by atoms with Gasteiger partial charge in [0.1, 0.15) is 5.76 Å². The molecular formula is C16H19N3O3S. The summed E-state index contributed by atoms with van der Waals surface area (Å²) in [5.41, 5.74) is 0.687. The van der Waals surface area contributed by atoms with Gasteiger partial charge in [-0.15, -0.1) is 11.3 Å². The Balaban J connectivity index is 1.64. The summed E-state index contributed by atoms with van der Waals surface area (Å²) in [5, 5.41) is 1.97. The number of aryl methyl sites for hydroxylation is 1. The summed E-state index contributed by atoms with van der Waals surface area (Å²) < 4.78 is 5.67. The van der Waals surface area contributed by atoms with Gasteiger partial charge in [-0.2, -0.15) is 0 Å². The van der Waals surface area contributed by atoms with Crippen LogP contribution in [0.4, 0.5) is 0 Å². The molecule has 2 aromatic heterocycles. The Bertz CT molecular complexity index is 700. The molecule has 3 rings (SSSR count). The molecule has 1 fully saturated rings. The molecule has 1 aliphatic heterocycles. The van der Waals surface area contributed by atoms with Gasteiger partial charge in [0.05, 0.1) is 17.0 Å². The molecule has 0 unspecified atom stereocenters. The Labute approximate surface area is 138 Å². The number of piperazine rings is 1. The first kappa shape index (κ1) is 15.7. The van der Waals surface area contributed by atoms with Gasteiger partial charge in [-0.25, -0.2) is 4.98 Å². The minimum Gasteiger partial charge on any atom is -0.440 e. The van der Waals surface area contributed by atoms with Crippen LogP contribution in [-0.4, -0.2) is 52.8 Å². The molecule has 0 aliphatic carbocycles. The second-order valence-corrected chi connectivity index (χ2v) is 6.51. The van der Waals surface area contributed by atoms with E-state index in [1.165, 1.54) is 0 Å². The third-order valence-electron chi connectivity index (χ3n) is 4.02.